The molecule has 0 aliphatic carbocycles. The molecular weight excluding hydrogens is 280 g/mol. The number of carbonyl (C=O) groups is 1. The number of benzene rings is 1. The van der Waals surface area contributed by atoms with Crippen molar-refractivity contribution in [2.45, 2.75) is 0 Å². The summed E-state index contributed by atoms with van der Waals surface area (Å²) < 4.78 is 10.3. The number of ether oxygens (including phenoxy) is 2. The maximum atomic E-state index is 11.1. The Morgan fingerprint density at radius 2 is 2.10 bits per heavy atom. The molecular formula is C13H10N2O6. The maximum Gasteiger partial charge on any atom is 0.339 e. The molecule has 0 aliphatic heterocycles. The highest BCUT2D eigenvalue weighted by molar-refractivity contribution is 5.90. The van der Waals surface area contributed by atoms with Crippen molar-refractivity contribution in [3.63, 3.8) is 0 Å². The zero-order valence-electron chi connectivity index (χ0n) is 10.8. The highest BCUT2D eigenvalue weighted by atomic mass is 16.6. The highest BCUT2D eigenvalue weighted by Crippen LogP contribution is 2.33. The van der Waals surface area contributed by atoms with Crippen LogP contribution >= 0.6 is 0 Å². The molecule has 8 nitrogen and oxygen atoms in total. The first-order valence-electron chi connectivity index (χ1n) is 5.70. The van der Waals surface area contributed by atoms with Gasteiger partial charge in [0.15, 0.2) is 5.75 Å². The molecule has 0 radical (unpaired) electrons. The van der Waals surface area contributed by atoms with E-state index in [1.165, 1.54) is 43.8 Å². The number of carboxylic acid groups (broad SMARTS) is 1. The molecule has 0 atom stereocenters. The van der Waals surface area contributed by atoms with Gasteiger partial charge in [0.05, 0.1) is 18.2 Å². The molecule has 0 amide bonds. The van der Waals surface area contributed by atoms with Gasteiger partial charge >= 0.3 is 11.7 Å². The number of nitro benzene ring substituents is 1. The first-order chi connectivity index (χ1) is 10.0. The van der Waals surface area contributed by atoms with Gasteiger partial charge in [-0.3, -0.25) is 15.1 Å². The molecule has 21 heavy (non-hydrogen) atoms. The largest absolute Gasteiger partial charge is 0.490 e. The van der Waals surface area contributed by atoms with E-state index in [1.54, 1.807) is 0 Å². The van der Waals surface area contributed by atoms with E-state index in [2.05, 4.69) is 4.98 Å². The quantitative estimate of drug-likeness (QED) is 0.664. The Bertz CT molecular complexity index is 701. The average Bonchev–Trinajstić information content (AvgIpc) is 2.47. The lowest BCUT2D eigenvalue weighted by Gasteiger charge is -2.09. The first kappa shape index (κ1) is 14.3. The molecule has 0 aliphatic rings. The number of aromatic nitrogens is 1. The SMILES string of the molecule is COc1cc(Oc2cnccc2C(=O)O)ccc1[N+](=O)[O-]. The Morgan fingerprint density at radius 1 is 1.33 bits per heavy atom. The van der Waals surface area contributed by atoms with Gasteiger partial charge in [-0.25, -0.2) is 4.79 Å². The second kappa shape index (κ2) is 5.87. The number of nitro groups is 1. The fraction of sp³-hybridized carbons (Fsp3) is 0.0769. The summed E-state index contributed by atoms with van der Waals surface area (Å²) in [6.07, 6.45) is 2.57. The summed E-state index contributed by atoms with van der Waals surface area (Å²) in [4.78, 5) is 25.0. The van der Waals surface area contributed by atoms with Crippen LogP contribution in [0.3, 0.4) is 0 Å². The predicted molar refractivity (Wildman–Crippen MR) is 70.9 cm³/mol. The van der Waals surface area contributed by atoms with Gasteiger partial charge in [-0.2, -0.15) is 0 Å². The van der Waals surface area contributed by atoms with Crippen molar-refractivity contribution in [3.05, 3.63) is 52.3 Å². The lowest BCUT2D eigenvalue weighted by Crippen LogP contribution is -2.00. The maximum absolute atomic E-state index is 11.1. The van der Waals surface area contributed by atoms with Crippen LogP contribution in [0.5, 0.6) is 17.2 Å². The van der Waals surface area contributed by atoms with Crippen LogP contribution in [0.1, 0.15) is 10.4 Å². The van der Waals surface area contributed by atoms with Gasteiger partial charge in [0.2, 0.25) is 5.75 Å². The fourth-order valence-electron chi connectivity index (χ4n) is 1.64. The van der Waals surface area contributed by atoms with Crippen LogP contribution in [0, 0.1) is 10.1 Å². The van der Waals surface area contributed by atoms with E-state index in [0.29, 0.717) is 0 Å². The van der Waals surface area contributed by atoms with Crippen molar-refractivity contribution in [1.82, 2.24) is 4.98 Å². The van der Waals surface area contributed by atoms with Crippen LogP contribution in [-0.4, -0.2) is 28.1 Å². The van der Waals surface area contributed by atoms with Crippen LogP contribution in [0.4, 0.5) is 5.69 Å². The predicted octanol–water partition coefficient (Wildman–Crippen LogP) is 2.49. The van der Waals surface area contributed by atoms with Crippen molar-refractivity contribution >= 4 is 11.7 Å². The zero-order valence-corrected chi connectivity index (χ0v) is 10.8. The molecule has 0 spiro atoms. The van der Waals surface area contributed by atoms with Crippen LogP contribution in [-0.2, 0) is 0 Å². The Labute approximate surface area is 118 Å². The molecule has 1 aromatic carbocycles. The summed E-state index contributed by atoms with van der Waals surface area (Å²) >= 11 is 0. The molecule has 0 saturated heterocycles. The summed E-state index contributed by atoms with van der Waals surface area (Å²) in [6, 6.07) is 5.15. The zero-order chi connectivity index (χ0) is 15.4. The minimum atomic E-state index is -1.17. The molecule has 1 aromatic heterocycles. The van der Waals surface area contributed by atoms with E-state index < -0.39 is 10.9 Å². The van der Waals surface area contributed by atoms with E-state index in [-0.39, 0.29) is 28.5 Å². The lowest BCUT2D eigenvalue weighted by atomic mass is 10.2. The standard InChI is InChI=1S/C13H10N2O6/c1-20-11-6-8(2-3-10(11)15(18)19)21-12-7-14-5-4-9(12)13(16)17/h2-7H,1H3,(H,16,17). The number of rotatable bonds is 5. The van der Waals surface area contributed by atoms with E-state index in [1.807, 2.05) is 0 Å². The summed E-state index contributed by atoms with van der Waals surface area (Å²) in [5.41, 5.74) is -0.281. The molecule has 2 aromatic rings. The minimum absolute atomic E-state index is 0.0123. The Kier molecular flexibility index (Phi) is 3.98. The molecule has 8 heteroatoms. The van der Waals surface area contributed by atoms with Crippen LogP contribution in [0.15, 0.2) is 36.7 Å². The van der Waals surface area contributed by atoms with Gasteiger partial charge in [0.25, 0.3) is 0 Å². The molecule has 2 rings (SSSR count). The topological polar surface area (TPSA) is 112 Å². The van der Waals surface area contributed by atoms with E-state index >= 15 is 0 Å². The normalized spacial score (nSPS) is 9.95. The second-order valence-corrected chi connectivity index (χ2v) is 3.87. The summed E-state index contributed by atoms with van der Waals surface area (Å²) in [5, 5.41) is 19.8. The third-order valence-electron chi connectivity index (χ3n) is 2.59. The van der Waals surface area contributed by atoms with Crippen molar-refractivity contribution in [1.29, 1.82) is 0 Å². The van der Waals surface area contributed by atoms with Crippen molar-refractivity contribution < 1.29 is 24.3 Å². The van der Waals surface area contributed by atoms with E-state index in [9.17, 15) is 14.9 Å². The summed E-state index contributed by atoms with van der Waals surface area (Å²) in [6.45, 7) is 0. The number of nitrogens with zero attached hydrogens (tertiary/aromatic N) is 2. The van der Waals surface area contributed by atoms with Crippen molar-refractivity contribution in [2.75, 3.05) is 7.11 Å². The molecule has 108 valence electrons. The Balaban J connectivity index is 2.37. The van der Waals surface area contributed by atoms with Gasteiger partial charge in [-0.1, -0.05) is 0 Å². The molecule has 0 fully saturated rings. The fourth-order valence-corrected chi connectivity index (χ4v) is 1.64. The highest BCUT2D eigenvalue weighted by Gasteiger charge is 2.17. The van der Waals surface area contributed by atoms with E-state index in [0.717, 1.165) is 0 Å². The average molecular weight is 290 g/mol. The first-order valence-corrected chi connectivity index (χ1v) is 5.70. The third kappa shape index (κ3) is 3.06. The number of hydrogen-bond acceptors (Lipinski definition) is 6. The van der Waals surface area contributed by atoms with Crippen LogP contribution in [0.2, 0.25) is 0 Å². The van der Waals surface area contributed by atoms with Crippen molar-refractivity contribution in [2.24, 2.45) is 0 Å². The minimum Gasteiger partial charge on any atom is -0.490 e. The number of aromatic carboxylic acids is 1. The van der Waals surface area contributed by atoms with Gasteiger partial charge in [-0.15, -0.1) is 0 Å². The van der Waals surface area contributed by atoms with Gasteiger partial charge < -0.3 is 14.6 Å². The smallest absolute Gasteiger partial charge is 0.339 e. The lowest BCUT2D eigenvalue weighted by molar-refractivity contribution is -0.385. The summed E-state index contributed by atoms with van der Waals surface area (Å²) in [5.74, 6) is -0.923. The number of carboxylic acids is 1. The molecule has 1 N–H and O–H groups in total. The van der Waals surface area contributed by atoms with Gasteiger partial charge in [0.1, 0.15) is 11.3 Å². The van der Waals surface area contributed by atoms with Crippen LogP contribution < -0.4 is 9.47 Å². The third-order valence-corrected chi connectivity index (χ3v) is 2.59. The number of pyridine rings is 1. The van der Waals surface area contributed by atoms with Crippen molar-refractivity contribution in [3.8, 4) is 17.2 Å². The van der Waals surface area contributed by atoms with Crippen LogP contribution in [0.25, 0.3) is 0 Å². The second-order valence-electron chi connectivity index (χ2n) is 3.87. The van der Waals surface area contributed by atoms with Gasteiger partial charge in [-0.05, 0) is 12.1 Å². The molecule has 0 unspecified atom stereocenters. The van der Waals surface area contributed by atoms with E-state index in [4.69, 9.17) is 14.6 Å². The number of hydrogen-bond donors (Lipinski definition) is 1. The summed E-state index contributed by atoms with van der Waals surface area (Å²) in [7, 11) is 1.29. The molecule has 0 saturated carbocycles. The van der Waals surface area contributed by atoms with Gasteiger partial charge in [0, 0.05) is 18.3 Å². The molecule has 1 heterocycles. The Morgan fingerprint density at radius 3 is 2.71 bits per heavy atom. The molecule has 0 bridgehead atoms. The number of methoxy groups -OCH3 is 1. The monoisotopic (exact) mass is 290 g/mol. The Hall–Kier alpha value is -3.16.